The maximum atomic E-state index is 13.4. The number of rotatable bonds is 3. The fourth-order valence-electron chi connectivity index (χ4n) is 5.19. The zero-order chi connectivity index (χ0) is 20.8. The summed E-state index contributed by atoms with van der Waals surface area (Å²) >= 11 is 3.48. The first-order valence-corrected chi connectivity index (χ1v) is 12.9. The van der Waals surface area contributed by atoms with Gasteiger partial charge < -0.3 is 4.90 Å². The van der Waals surface area contributed by atoms with E-state index in [1.807, 2.05) is 13.0 Å². The van der Waals surface area contributed by atoms with Crippen LogP contribution >= 0.6 is 15.9 Å². The smallest absolute Gasteiger partial charge is 0.244 e. The molecule has 1 aliphatic carbocycles. The van der Waals surface area contributed by atoms with E-state index >= 15 is 0 Å². The number of hydrogen-bond acceptors (Lipinski definition) is 4. The van der Waals surface area contributed by atoms with E-state index in [1.165, 1.54) is 39.0 Å². The number of carbonyl (C=O) groups is 1. The zero-order valence-electron chi connectivity index (χ0n) is 17.2. The van der Waals surface area contributed by atoms with E-state index in [-0.39, 0.29) is 16.8 Å². The van der Waals surface area contributed by atoms with Crippen molar-refractivity contribution in [2.45, 2.75) is 69.4 Å². The molecular formula is C21H30BrN3O3S. The maximum absolute atomic E-state index is 13.4. The van der Waals surface area contributed by atoms with E-state index < -0.39 is 10.0 Å². The van der Waals surface area contributed by atoms with Crippen molar-refractivity contribution >= 4 is 37.5 Å². The van der Waals surface area contributed by atoms with Crippen LogP contribution in [0.15, 0.2) is 21.5 Å². The Bertz CT molecular complexity index is 891. The summed E-state index contributed by atoms with van der Waals surface area (Å²) in [6.07, 6.45) is 7.12. The lowest BCUT2D eigenvalue weighted by Crippen LogP contribution is -2.52. The van der Waals surface area contributed by atoms with Crippen molar-refractivity contribution in [1.82, 2.24) is 9.21 Å². The Kier molecular flexibility index (Phi) is 6.08. The zero-order valence-corrected chi connectivity index (χ0v) is 19.6. The standard InChI is InChI=1S/C21H30BrN3O3S/c1-15-12-17-13-19(22)21(14-20(17)25(15)16(2)26)29(27,28)24-10-8-23(9-11-24)18-6-4-3-5-7-18/h13-15,18H,3-12H2,1-2H3/t15-/m1/s1. The number of benzene rings is 1. The number of fused-ring (bicyclic) bond motifs is 1. The minimum Gasteiger partial charge on any atom is -0.309 e. The molecule has 1 aromatic rings. The summed E-state index contributed by atoms with van der Waals surface area (Å²) in [6, 6.07) is 4.23. The van der Waals surface area contributed by atoms with Gasteiger partial charge in [0.1, 0.15) is 0 Å². The number of piperazine rings is 1. The Morgan fingerprint density at radius 2 is 1.72 bits per heavy atom. The van der Waals surface area contributed by atoms with Crippen LogP contribution in [-0.4, -0.2) is 61.8 Å². The molecule has 0 aromatic heterocycles. The minimum atomic E-state index is -3.61. The summed E-state index contributed by atoms with van der Waals surface area (Å²) in [7, 11) is -3.61. The van der Waals surface area contributed by atoms with E-state index in [9.17, 15) is 13.2 Å². The summed E-state index contributed by atoms with van der Waals surface area (Å²) in [5.74, 6) is -0.0528. The van der Waals surface area contributed by atoms with Crippen molar-refractivity contribution in [3.63, 3.8) is 0 Å². The fourth-order valence-corrected chi connectivity index (χ4v) is 7.68. The lowest BCUT2D eigenvalue weighted by molar-refractivity contribution is -0.116. The molecule has 1 atom stereocenters. The second kappa shape index (κ2) is 8.29. The lowest BCUT2D eigenvalue weighted by Gasteiger charge is -2.40. The van der Waals surface area contributed by atoms with Crippen LogP contribution in [0.4, 0.5) is 5.69 Å². The molecule has 160 valence electrons. The Morgan fingerprint density at radius 3 is 2.34 bits per heavy atom. The first-order chi connectivity index (χ1) is 13.8. The topological polar surface area (TPSA) is 60.9 Å². The third-order valence-electron chi connectivity index (χ3n) is 6.67. The molecule has 0 N–H and O–H groups in total. The molecule has 1 amide bonds. The Hall–Kier alpha value is -0.960. The highest BCUT2D eigenvalue weighted by molar-refractivity contribution is 9.10. The average Bonchev–Trinajstić information content (AvgIpc) is 3.02. The van der Waals surface area contributed by atoms with Gasteiger partial charge in [0.05, 0.1) is 4.90 Å². The second-order valence-electron chi connectivity index (χ2n) is 8.59. The molecule has 0 radical (unpaired) electrons. The van der Waals surface area contributed by atoms with Gasteiger partial charge in [-0.1, -0.05) is 19.3 Å². The summed E-state index contributed by atoms with van der Waals surface area (Å²) in [5.41, 5.74) is 1.74. The predicted molar refractivity (Wildman–Crippen MR) is 118 cm³/mol. The Labute approximate surface area is 182 Å². The molecule has 2 fully saturated rings. The molecule has 2 heterocycles. The maximum Gasteiger partial charge on any atom is 0.244 e. The van der Waals surface area contributed by atoms with Crippen LogP contribution in [-0.2, 0) is 21.2 Å². The number of nitrogens with zero attached hydrogens (tertiary/aromatic N) is 3. The average molecular weight is 484 g/mol. The largest absolute Gasteiger partial charge is 0.309 e. The lowest BCUT2D eigenvalue weighted by atomic mass is 9.94. The fraction of sp³-hybridized carbons (Fsp3) is 0.667. The second-order valence-corrected chi connectivity index (χ2v) is 11.3. The quantitative estimate of drug-likeness (QED) is 0.660. The van der Waals surface area contributed by atoms with Gasteiger partial charge >= 0.3 is 0 Å². The van der Waals surface area contributed by atoms with Crippen LogP contribution in [0.5, 0.6) is 0 Å². The van der Waals surface area contributed by atoms with Crippen LogP contribution in [0.25, 0.3) is 0 Å². The van der Waals surface area contributed by atoms with Crippen LogP contribution in [0.3, 0.4) is 0 Å². The van der Waals surface area contributed by atoms with Gasteiger partial charge in [-0.3, -0.25) is 9.69 Å². The highest BCUT2D eigenvalue weighted by atomic mass is 79.9. The minimum absolute atomic E-state index is 0.0476. The molecule has 8 heteroatoms. The molecule has 29 heavy (non-hydrogen) atoms. The van der Waals surface area contributed by atoms with Gasteiger partial charge in [-0.05, 0) is 59.8 Å². The summed E-state index contributed by atoms with van der Waals surface area (Å²) in [4.78, 5) is 16.6. The van der Waals surface area contributed by atoms with E-state index in [0.717, 1.165) is 30.8 Å². The van der Waals surface area contributed by atoms with Gasteiger partial charge in [0.15, 0.2) is 0 Å². The molecule has 1 aromatic carbocycles. The molecule has 0 unspecified atom stereocenters. The third-order valence-corrected chi connectivity index (χ3v) is 9.53. The number of amides is 1. The van der Waals surface area contributed by atoms with E-state index in [4.69, 9.17) is 0 Å². The van der Waals surface area contributed by atoms with E-state index in [1.54, 1.807) is 15.3 Å². The van der Waals surface area contributed by atoms with E-state index in [2.05, 4.69) is 20.8 Å². The normalized spacial score (nSPS) is 24.7. The van der Waals surface area contributed by atoms with Crippen LogP contribution < -0.4 is 4.90 Å². The van der Waals surface area contributed by atoms with E-state index in [0.29, 0.717) is 23.6 Å². The van der Waals surface area contributed by atoms with Gasteiger partial charge in [-0.25, -0.2) is 8.42 Å². The van der Waals surface area contributed by atoms with Gasteiger partial charge in [-0.15, -0.1) is 0 Å². The molecule has 4 rings (SSSR count). The number of hydrogen-bond donors (Lipinski definition) is 0. The molecule has 2 aliphatic heterocycles. The summed E-state index contributed by atoms with van der Waals surface area (Å²) in [5, 5.41) is 0. The Balaban J connectivity index is 1.55. The number of carbonyl (C=O) groups excluding carboxylic acids is 1. The molecular weight excluding hydrogens is 454 g/mol. The van der Waals surface area contributed by atoms with Crippen molar-refractivity contribution in [3.05, 3.63) is 22.2 Å². The van der Waals surface area contributed by atoms with Crippen LogP contribution in [0, 0.1) is 0 Å². The van der Waals surface area contributed by atoms with Crippen LogP contribution in [0.2, 0.25) is 0 Å². The first kappa shape index (κ1) is 21.3. The van der Waals surface area contributed by atoms with Gasteiger partial charge in [0.25, 0.3) is 0 Å². The van der Waals surface area contributed by atoms with Crippen molar-refractivity contribution in [1.29, 1.82) is 0 Å². The summed E-state index contributed by atoms with van der Waals surface area (Å²) < 4.78 is 29.0. The molecule has 1 saturated carbocycles. The van der Waals surface area contributed by atoms with Crippen LogP contribution in [0.1, 0.15) is 51.5 Å². The van der Waals surface area contributed by atoms with Gasteiger partial charge in [0.2, 0.25) is 15.9 Å². The van der Waals surface area contributed by atoms with Crippen molar-refractivity contribution in [2.75, 3.05) is 31.1 Å². The van der Waals surface area contributed by atoms with Crippen molar-refractivity contribution < 1.29 is 13.2 Å². The summed E-state index contributed by atoms with van der Waals surface area (Å²) in [6.45, 7) is 6.16. The molecule has 1 saturated heterocycles. The van der Waals surface area contributed by atoms with Crippen molar-refractivity contribution in [3.8, 4) is 0 Å². The SMILES string of the molecule is CC(=O)N1c2cc(S(=O)(=O)N3CCN(C4CCCCC4)CC3)c(Br)cc2C[C@H]1C. The molecule has 0 bridgehead atoms. The number of sulfonamides is 1. The molecule has 3 aliphatic rings. The highest BCUT2D eigenvalue weighted by Crippen LogP contribution is 2.39. The first-order valence-electron chi connectivity index (χ1n) is 10.7. The molecule has 0 spiro atoms. The number of anilines is 1. The monoisotopic (exact) mass is 483 g/mol. The molecule has 6 nitrogen and oxygen atoms in total. The predicted octanol–water partition coefficient (Wildman–Crippen LogP) is 3.39. The van der Waals surface area contributed by atoms with Crippen molar-refractivity contribution in [2.24, 2.45) is 0 Å². The van der Waals surface area contributed by atoms with Gasteiger partial charge in [-0.2, -0.15) is 4.31 Å². The highest BCUT2D eigenvalue weighted by Gasteiger charge is 2.36. The third kappa shape index (κ3) is 4.01. The number of halogens is 1. The van der Waals surface area contributed by atoms with Gasteiger partial charge in [0, 0.05) is 55.3 Å². The Morgan fingerprint density at radius 1 is 1.07 bits per heavy atom.